The van der Waals surface area contributed by atoms with Gasteiger partial charge in [0.15, 0.2) is 11.9 Å². The number of carbonyl (C=O) groups excluding carboxylic acids is 1. The van der Waals surface area contributed by atoms with Gasteiger partial charge in [-0.1, -0.05) is 0 Å². The molecule has 0 aromatic carbocycles. The van der Waals surface area contributed by atoms with Crippen LogP contribution in [0.15, 0.2) is 18.5 Å². The highest BCUT2D eigenvalue weighted by atomic mass is 16.1. The topological polar surface area (TPSA) is 59.8 Å². The van der Waals surface area contributed by atoms with Gasteiger partial charge in [0.2, 0.25) is 0 Å². The highest BCUT2D eigenvalue weighted by Gasteiger charge is 2.21. The van der Waals surface area contributed by atoms with Crippen molar-refractivity contribution in [2.75, 3.05) is 13.1 Å². The lowest BCUT2D eigenvalue weighted by molar-refractivity contribution is 0.112. The minimum atomic E-state index is 0.400. The molecule has 0 radical (unpaired) electrons. The summed E-state index contributed by atoms with van der Waals surface area (Å²) >= 11 is 0. The standard InChI is InChI=1S/C10H10N4O/c15-6-7-1-8-3-13-14(9-4-11-5-9)10(8)12-2-7/h1-3,6,9,11H,4-5H2. The lowest BCUT2D eigenvalue weighted by Crippen LogP contribution is -2.43. The number of pyridine rings is 1. The van der Waals surface area contributed by atoms with E-state index >= 15 is 0 Å². The Balaban J connectivity index is 2.13. The number of nitrogens with zero attached hydrogens (tertiary/aromatic N) is 3. The first kappa shape index (κ1) is 8.55. The number of fused-ring (bicyclic) bond motifs is 1. The fourth-order valence-electron chi connectivity index (χ4n) is 1.74. The monoisotopic (exact) mass is 202 g/mol. The first-order valence-corrected chi connectivity index (χ1v) is 4.87. The van der Waals surface area contributed by atoms with Gasteiger partial charge in [-0.05, 0) is 6.07 Å². The number of hydrogen-bond acceptors (Lipinski definition) is 4. The zero-order chi connectivity index (χ0) is 10.3. The van der Waals surface area contributed by atoms with E-state index in [0.717, 1.165) is 30.4 Å². The molecule has 0 saturated carbocycles. The van der Waals surface area contributed by atoms with Crippen LogP contribution < -0.4 is 5.32 Å². The maximum absolute atomic E-state index is 10.6. The van der Waals surface area contributed by atoms with Crippen LogP contribution in [0.2, 0.25) is 0 Å². The van der Waals surface area contributed by atoms with Crippen LogP contribution in [0.1, 0.15) is 16.4 Å². The van der Waals surface area contributed by atoms with Crippen molar-refractivity contribution in [3.8, 4) is 0 Å². The Kier molecular flexibility index (Phi) is 1.78. The van der Waals surface area contributed by atoms with Crippen molar-refractivity contribution >= 4 is 17.3 Å². The smallest absolute Gasteiger partial charge is 0.158 e. The molecule has 3 rings (SSSR count). The third-order valence-corrected chi connectivity index (χ3v) is 2.70. The number of aldehydes is 1. The minimum absolute atomic E-state index is 0.400. The van der Waals surface area contributed by atoms with Crippen molar-refractivity contribution in [1.29, 1.82) is 0 Å². The van der Waals surface area contributed by atoms with Gasteiger partial charge in [-0.3, -0.25) is 4.79 Å². The Morgan fingerprint density at radius 3 is 3.00 bits per heavy atom. The zero-order valence-corrected chi connectivity index (χ0v) is 8.05. The minimum Gasteiger partial charge on any atom is -0.312 e. The molecule has 1 saturated heterocycles. The summed E-state index contributed by atoms with van der Waals surface area (Å²) in [5, 5.41) is 8.41. The van der Waals surface area contributed by atoms with Crippen LogP contribution in [0.5, 0.6) is 0 Å². The summed E-state index contributed by atoms with van der Waals surface area (Å²) < 4.78 is 1.92. The van der Waals surface area contributed by atoms with Crippen LogP contribution >= 0.6 is 0 Å². The number of nitrogens with one attached hydrogen (secondary N) is 1. The SMILES string of the molecule is O=Cc1cnc2c(cnn2C2CNC2)c1. The molecule has 0 atom stereocenters. The second-order valence-corrected chi connectivity index (χ2v) is 3.70. The second-order valence-electron chi connectivity index (χ2n) is 3.70. The highest BCUT2D eigenvalue weighted by Crippen LogP contribution is 2.18. The van der Waals surface area contributed by atoms with Crippen molar-refractivity contribution in [3.63, 3.8) is 0 Å². The third-order valence-electron chi connectivity index (χ3n) is 2.70. The molecule has 0 spiro atoms. The quantitative estimate of drug-likeness (QED) is 0.715. The molecule has 3 heterocycles. The molecule has 0 unspecified atom stereocenters. The van der Waals surface area contributed by atoms with Gasteiger partial charge in [-0.25, -0.2) is 9.67 Å². The van der Waals surface area contributed by atoms with Crippen molar-refractivity contribution in [1.82, 2.24) is 20.1 Å². The van der Waals surface area contributed by atoms with Crippen LogP contribution in [-0.4, -0.2) is 34.1 Å². The van der Waals surface area contributed by atoms with Gasteiger partial charge < -0.3 is 5.32 Å². The predicted octanol–water partition coefficient (Wildman–Crippen LogP) is 0.388. The van der Waals surface area contributed by atoms with Gasteiger partial charge in [-0.2, -0.15) is 5.10 Å². The number of rotatable bonds is 2. The van der Waals surface area contributed by atoms with Crippen LogP contribution in [0.3, 0.4) is 0 Å². The molecule has 1 N–H and O–H groups in total. The largest absolute Gasteiger partial charge is 0.312 e. The molecule has 1 aliphatic heterocycles. The molecule has 0 bridgehead atoms. The van der Waals surface area contributed by atoms with E-state index in [1.165, 1.54) is 0 Å². The summed E-state index contributed by atoms with van der Waals surface area (Å²) in [6.45, 7) is 1.88. The van der Waals surface area contributed by atoms with Gasteiger partial charge >= 0.3 is 0 Å². The molecular formula is C10H10N4O. The number of aromatic nitrogens is 3. The molecule has 1 aliphatic rings. The second kappa shape index (κ2) is 3.13. The van der Waals surface area contributed by atoms with Crippen LogP contribution in [0.25, 0.3) is 11.0 Å². The van der Waals surface area contributed by atoms with Gasteiger partial charge in [0.05, 0.1) is 12.2 Å². The summed E-state index contributed by atoms with van der Waals surface area (Å²) in [6, 6.07) is 2.21. The molecule has 5 nitrogen and oxygen atoms in total. The third kappa shape index (κ3) is 1.24. The molecule has 1 fully saturated rings. The maximum Gasteiger partial charge on any atom is 0.158 e. The summed E-state index contributed by atoms with van der Waals surface area (Å²) in [4.78, 5) is 14.8. The molecule has 2 aromatic heterocycles. The highest BCUT2D eigenvalue weighted by molar-refractivity contribution is 5.83. The Hall–Kier alpha value is -1.75. The average molecular weight is 202 g/mol. The van der Waals surface area contributed by atoms with E-state index in [4.69, 9.17) is 0 Å². The molecule has 76 valence electrons. The van der Waals surface area contributed by atoms with E-state index in [0.29, 0.717) is 11.6 Å². The lowest BCUT2D eigenvalue weighted by atomic mass is 10.2. The van der Waals surface area contributed by atoms with Gasteiger partial charge in [0.25, 0.3) is 0 Å². The number of hydrogen-bond donors (Lipinski definition) is 1. The first-order chi connectivity index (χ1) is 7.38. The van der Waals surface area contributed by atoms with Gasteiger partial charge in [-0.15, -0.1) is 0 Å². The van der Waals surface area contributed by atoms with Crippen molar-refractivity contribution < 1.29 is 4.79 Å². The fraction of sp³-hybridized carbons (Fsp3) is 0.300. The normalized spacial score (nSPS) is 16.5. The van der Waals surface area contributed by atoms with E-state index in [1.54, 1.807) is 12.4 Å². The predicted molar refractivity (Wildman–Crippen MR) is 54.8 cm³/mol. The zero-order valence-electron chi connectivity index (χ0n) is 8.05. The lowest BCUT2D eigenvalue weighted by Gasteiger charge is -2.27. The van der Waals surface area contributed by atoms with Crippen LogP contribution in [-0.2, 0) is 0 Å². The molecule has 0 amide bonds. The van der Waals surface area contributed by atoms with Crippen molar-refractivity contribution in [2.24, 2.45) is 0 Å². The van der Waals surface area contributed by atoms with E-state index < -0.39 is 0 Å². The van der Waals surface area contributed by atoms with E-state index in [-0.39, 0.29) is 0 Å². The van der Waals surface area contributed by atoms with E-state index in [9.17, 15) is 4.79 Å². The molecule has 0 aliphatic carbocycles. The Bertz CT molecular complexity index is 515. The summed E-state index contributed by atoms with van der Waals surface area (Å²) in [5.74, 6) is 0. The van der Waals surface area contributed by atoms with Crippen molar-refractivity contribution in [2.45, 2.75) is 6.04 Å². The Morgan fingerprint density at radius 2 is 2.33 bits per heavy atom. The molecule has 5 heteroatoms. The van der Waals surface area contributed by atoms with Crippen LogP contribution in [0.4, 0.5) is 0 Å². The molecule has 15 heavy (non-hydrogen) atoms. The van der Waals surface area contributed by atoms with Crippen molar-refractivity contribution in [3.05, 3.63) is 24.0 Å². The van der Waals surface area contributed by atoms with Gasteiger partial charge in [0.1, 0.15) is 0 Å². The molecular weight excluding hydrogens is 192 g/mol. The molecule has 2 aromatic rings. The average Bonchev–Trinajstić information content (AvgIpc) is 2.59. The Morgan fingerprint density at radius 1 is 1.47 bits per heavy atom. The number of carbonyl (C=O) groups is 1. The fourth-order valence-corrected chi connectivity index (χ4v) is 1.74. The summed E-state index contributed by atoms with van der Waals surface area (Å²) in [7, 11) is 0. The van der Waals surface area contributed by atoms with E-state index in [2.05, 4.69) is 15.4 Å². The Labute approximate surface area is 86.1 Å². The first-order valence-electron chi connectivity index (χ1n) is 4.87. The van der Waals surface area contributed by atoms with Gasteiger partial charge in [0, 0.05) is 30.2 Å². The van der Waals surface area contributed by atoms with Crippen LogP contribution in [0, 0.1) is 0 Å². The maximum atomic E-state index is 10.6. The summed E-state index contributed by atoms with van der Waals surface area (Å²) in [6.07, 6.45) is 4.14. The summed E-state index contributed by atoms with van der Waals surface area (Å²) in [5.41, 5.74) is 1.45. The van der Waals surface area contributed by atoms with E-state index in [1.807, 2.05) is 10.7 Å².